The van der Waals surface area contributed by atoms with Gasteiger partial charge in [0.1, 0.15) is 5.75 Å². The second kappa shape index (κ2) is 9.31. The summed E-state index contributed by atoms with van der Waals surface area (Å²) in [7, 11) is -0.946. The molecule has 0 unspecified atom stereocenters. The van der Waals surface area contributed by atoms with Crippen LogP contribution in [0, 0.1) is 0 Å². The van der Waals surface area contributed by atoms with Crippen LogP contribution >= 0.6 is 0 Å². The van der Waals surface area contributed by atoms with E-state index in [0.717, 1.165) is 0 Å². The number of sulfonamides is 1. The van der Waals surface area contributed by atoms with Crippen molar-refractivity contribution < 1.29 is 22.7 Å². The second-order valence-corrected chi connectivity index (χ2v) is 8.12. The molecule has 0 fully saturated rings. The maximum Gasteiger partial charge on any atom is 0.261 e. The number of hydrogen-bond acceptors (Lipinski definition) is 5. The van der Waals surface area contributed by atoms with Gasteiger partial charge in [-0.05, 0) is 60.7 Å². The molecule has 3 N–H and O–H groups in total. The van der Waals surface area contributed by atoms with Gasteiger partial charge in [0.05, 0.1) is 23.3 Å². The third-order valence-corrected chi connectivity index (χ3v) is 5.80. The number of para-hydroxylation sites is 1. The number of carbonyl (C=O) groups excluding carboxylic acids is 2. The lowest BCUT2D eigenvalue weighted by atomic mass is 10.1. The van der Waals surface area contributed by atoms with Gasteiger partial charge in [0.15, 0.2) is 0 Å². The van der Waals surface area contributed by atoms with Crippen LogP contribution in [-0.4, -0.2) is 34.4 Å². The number of carbonyl (C=O) groups is 2. The highest BCUT2D eigenvalue weighted by Crippen LogP contribution is 2.22. The lowest BCUT2D eigenvalue weighted by Crippen LogP contribution is -2.19. The molecule has 0 aliphatic carbocycles. The lowest BCUT2D eigenvalue weighted by molar-refractivity contribution is 0.0962. The Hall–Kier alpha value is -3.85. The minimum atomic E-state index is -3.98. The van der Waals surface area contributed by atoms with Crippen LogP contribution in [-0.2, 0) is 10.0 Å². The van der Waals surface area contributed by atoms with Crippen molar-refractivity contribution in [3.05, 3.63) is 83.9 Å². The van der Waals surface area contributed by atoms with Crippen molar-refractivity contribution in [1.82, 2.24) is 5.32 Å². The Morgan fingerprint density at radius 1 is 0.839 bits per heavy atom. The van der Waals surface area contributed by atoms with Gasteiger partial charge in [0.2, 0.25) is 0 Å². The number of methoxy groups -OCH3 is 1. The van der Waals surface area contributed by atoms with Crippen molar-refractivity contribution in [3.8, 4) is 5.75 Å². The van der Waals surface area contributed by atoms with E-state index in [4.69, 9.17) is 4.74 Å². The van der Waals surface area contributed by atoms with E-state index in [2.05, 4.69) is 15.4 Å². The van der Waals surface area contributed by atoms with Gasteiger partial charge < -0.3 is 15.4 Å². The molecule has 0 aliphatic rings. The van der Waals surface area contributed by atoms with Crippen molar-refractivity contribution in [3.63, 3.8) is 0 Å². The first-order valence-corrected chi connectivity index (χ1v) is 10.7. The molecule has 3 rings (SSSR count). The van der Waals surface area contributed by atoms with Crippen LogP contribution in [0.3, 0.4) is 0 Å². The molecule has 160 valence electrons. The number of amides is 2. The van der Waals surface area contributed by atoms with Gasteiger partial charge in [-0.2, -0.15) is 0 Å². The van der Waals surface area contributed by atoms with Gasteiger partial charge in [0, 0.05) is 18.3 Å². The molecule has 0 aromatic heterocycles. The summed E-state index contributed by atoms with van der Waals surface area (Å²) in [5, 5.41) is 5.20. The number of benzene rings is 3. The SMILES string of the molecule is CNC(=O)c1ccc(S(=O)(=O)Nc2ccccc2C(=O)Nc2ccc(OC)cc2)cc1. The van der Waals surface area contributed by atoms with Crippen molar-refractivity contribution in [2.45, 2.75) is 4.90 Å². The maximum absolute atomic E-state index is 12.8. The summed E-state index contributed by atoms with van der Waals surface area (Å²) in [5.41, 5.74) is 1.15. The van der Waals surface area contributed by atoms with E-state index in [-0.39, 0.29) is 22.1 Å². The van der Waals surface area contributed by atoms with Crippen LogP contribution in [0.25, 0.3) is 0 Å². The van der Waals surface area contributed by atoms with Crippen molar-refractivity contribution in [2.75, 3.05) is 24.2 Å². The van der Waals surface area contributed by atoms with E-state index in [1.54, 1.807) is 43.5 Å². The molecule has 0 bridgehead atoms. The first-order chi connectivity index (χ1) is 14.8. The Morgan fingerprint density at radius 2 is 1.48 bits per heavy atom. The van der Waals surface area contributed by atoms with E-state index >= 15 is 0 Å². The lowest BCUT2D eigenvalue weighted by Gasteiger charge is -2.13. The Morgan fingerprint density at radius 3 is 2.10 bits per heavy atom. The molecule has 3 aromatic carbocycles. The summed E-state index contributed by atoms with van der Waals surface area (Å²) in [6.07, 6.45) is 0. The molecule has 0 spiro atoms. The quantitative estimate of drug-likeness (QED) is 0.524. The Labute approximate surface area is 180 Å². The van der Waals surface area contributed by atoms with Gasteiger partial charge in [-0.15, -0.1) is 0 Å². The maximum atomic E-state index is 12.8. The van der Waals surface area contributed by atoms with Crippen LogP contribution in [0.5, 0.6) is 5.75 Å². The molecule has 0 atom stereocenters. The van der Waals surface area contributed by atoms with Crippen molar-refractivity contribution >= 4 is 33.2 Å². The first-order valence-electron chi connectivity index (χ1n) is 9.23. The van der Waals surface area contributed by atoms with Crippen molar-refractivity contribution in [2.24, 2.45) is 0 Å². The summed E-state index contributed by atoms with van der Waals surface area (Å²) in [6, 6.07) is 18.5. The van der Waals surface area contributed by atoms with Gasteiger partial charge in [-0.1, -0.05) is 12.1 Å². The summed E-state index contributed by atoms with van der Waals surface area (Å²) < 4.78 is 33.1. The minimum absolute atomic E-state index is 0.0366. The zero-order chi connectivity index (χ0) is 22.4. The Bertz CT molecular complexity index is 1190. The van der Waals surface area contributed by atoms with Crippen LogP contribution in [0.15, 0.2) is 77.7 Å². The molecule has 0 saturated carbocycles. The normalized spacial score (nSPS) is 10.8. The van der Waals surface area contributed by atoms with Crippen molar-refractivity contribution in [1.29, 1.82) is 0 Å². The predicted molar refractivity (Wildman–Crippen MR) is 118 cm³/mol. The number of hydrogen-bond donors (Lipinski definition) is 3. The third-order valence-electron chi connectivity index (χ3n) is 4.42. The number of rotatable bonds is 7. The second-order valence-electron chi connectivity index (χ2n) is 6.44. The van der Waals surface area contributed by atoms with Gasteiger partial charge in [0.25, 0.3) is 21.8 Å². The average molecular weight is 439 g/mol. The molecular formula is C22H21N3O5S. The van der Waals surface area contributed by atoms with E-state index < -0.39 is 15.9 Å². The molecule has 9 heteroatoms. The van der Waals surface area contributed by atoms with E-state index in [1.165, 1.54) is 43.4 Å². The predicted octanol–water partition coefficient (Wildman–Crippen LogP) is 3.11. The highest BCUT2D eigenvalue weighted by Gasteiger charge is 2.19. The molecule has 3 aromatic rings. The summed E-state index contributed by atoms with van der Waals surface area (Å²) in [4.78, 5) is 24.3. The molecule has 0 heterocycles. The Balaban J connectivity index is 1.82. The van der Waals surface area contributed by atoms with E-state index in [9.17, 15) is 18.0 Å². The van der Waals surface area contributed by atoms with Crippen LogP contribution in [0.4, 0.5) is 11.4 Å². The van der Waals surface area contributed by atoms with Gasteiger partial charge in [-0.25, -0.2) is 8.42 Å². The fourth-order valence-corrected chi connectivity index (χ4v) is 3.86. The zero-order valence-corrected chi connectivity index (χ0v) is 17.7. The van der Waals surface area contributed by atoms with Crippen LogP contribution in [0.2, 0.25) is 0 Å². The molecule has 2 amide bonds. The highest BCUT2D eigenvalue weighted by atomic mass is 32.2. The molecule has 0 aliphatic heterocycles. The minimum Gasteiger partial charge on any atom is -0.497 e. The number of nitrogens with one attached hydrogen (secondary N) is 3. The smallest absolute Gasteiger partial charge is 0.261 e. The molecule has 8 nitrogen and oxygen atoms in total. The fourth-order valence-electron chi connectivity index (χ4n) is 2.78. The topological polar surface area (TPSA) is 114 Å². The third kappa shape index (κ3) is 5.20. The standard InChI is InChI=1S/C22H21N3O5S/c1-23-21(26)15-7-13-18(14-8-15)31(28,29)25-20-6-4-3-5-19(20)22(27)24-16-9-11-17(30-2)12-10-16/h3-14,25H,1-2H3,(H,23,26)(H,24,27). The van der Waals surface area contributed by atoms with Gasteiger partial charge in [-0.3, -0.25) is 14.3 Å². The summed E-state index contributed by atoms with van der Waals surface area (Å²) >= 11 is 0. The van der Waals surface area contributed by atoms with Crippen LogP contribution in [0.1, 0.15) is 20.7 Å². The molecule has 31 heavy (non-hydrogen) atoms. The largest absolute Gasteiger partial charge is 0.497 e. The zero-order valence-electron chi connectivity index (χ0n) is 16.9. The number of ether oxygens (including phenoxy) is 1. The first kappa shape index (κ1) is 21.8. The highest BCUT2D eigenvalue weighted by molar-refractivity contribution is 7.92. The van der Waals surface area contributed by atoms with E-state index in [0.29, 0.717) is 17.0 Å². The van der Waals surface area contributed by atoms with Crippen LogP contribution < -0.4 is 20.1 Å². The monoisotopic (exact) mass is 439 g/mol. The summed E-state index contributed by atoms with van der Waals surface area (Å²) in [5.74, 6) is -0.149. The van der Waals surface area contributed by atoms with E-state index in [1.807, 2.05) is 0 Å². The Kier molecular flexibility index (Phi) is 6.56. The molecular weight excluding hydrogens is 418 g/mol. The number of anilines is 2. The fraction of sp³-hybridized carbons (Fsp3) is 0.0909. The summed E-state index contributed by atoms with van der Waals surface area (Å²) in [6.45, 7) is 0. The molecule has 0 saturated heterocycles. The van der Waals surface area contributed by atoms with Gasteiger partial charge >= 0.3 is 0 Å². The molecule has 0 radical (unpaired) electrons. The average Bonchev–Trinajstić information content (AvgIpc) is 2.79.